The van der Waals surface area contributed by atoms with Gasteiger partial charge < -0.3 is 10.2 Å². The second-order valence-electron chi connectivity index (χ2n) is 6.46. The number of nitrogens with zero attached hydrogens (tertiary/aromatic N) is 4. The fraction of sp³-hybridized carbons (Fsp3) is 0.625. The molecule has 1 aromatic heterocycles. The van der Waals surface area contributed by atoms with Gasteiger partial charge in [0.25, 0.3) is 5.91 Å². The van der Waals surface area contributed by atoms with Crippen LogP contribution in [0.5, 0.6) is 0 Å². The number of rotatable bonds is 6. The molecule has 0 aromatic carbocycles. The van der Waals surface area contributed by atoms with E-state index >= 15 is 0 Å². The monoisotopic (exact) mass is 301 g/mol. The second-order valence-corrected chi connectivity index (χ2v) is 6.46. The third kappa shape index (κ3) is 2.87. The molecule has 0 radical (unpaired) electrons. The minimum atomic E-state index is -0.0779. The Hall–Kier alpha value is -1.84. The summed E-state index contributed by atoms with van der Waals surface area (Å²) < 4.78 is 1.81. The fourth-order valence-electron chi connectivity index (χ4n) is 3.37. The highest BCUT2D eigenvalue weighted by molar-refractivity contribution is 5.92. The maximum absolute atomic E-state index is 12.3. The molecule has 6 nitrogen and oxygen atoms in total. The maximum Gasteiger partial charge on any atom is 0.272 e. The zero-order valence-corrected chi connectivity index (χ0v) is 13.2. The van der Waals surface area contributed by atoms with E-state index in [1.807, 2.05) is 25.0 Å². The fourth-order valence-corrected chi connectivity index (χ4v) is 3.37. The molecule has 0 spiro atoms. The molecule has 3 fully saturated rings. The first kappa shape index (κ1) is 15.1. The predicted molar refractivity (Wildman–Crippen MR) is 84.3 cm³/mol. The van der Waals surface area contributed by atoms with E-state index < -0.39 is 0 Å². The maximum atomic E-state index is 12.3. The third-order valence-electron chi connectivity index (χ3n) is 4.65. The van der Waals surface area contributed by atoms with Crippen molar-refractivity contribution < 1.29 is 4.79 Å². The molecular formula is C16H23N5O. The Labute approximate surface area is 131 Å². The van der Waals surface area contributed by atoms with Gasteiger partial charge in [-0.25, -0.2) is 0 Å². The molecule has 1 N–H and O–H groups in total. The van der Waals surface area contributed by atoms with E-state index in [1.54, 1.807) is 6.07 Å². The van der Waals surface area contributed by atoms with Gasteiger partial charge in [-0.05, 0) is 32.5 Å². The first-order chi connectivity index (χ1) is 10.6. The Morgan fingerprint density at radius 2 is 2.41 bits per heavy atom. The topological polar surface area (TPSA) is 53.4 Å². The molecule has 3 unspecified atom stereocenters. The van der Waals surface area contributed by atoms with Crippen LogP contribution in [0.25, 0.3) is 0 Å². The summed E-state index contributed by atoms with van der Waals surface area (Å²) in [5.41, 5.74) is 0.494. The molecule has 22 heavy (non-hydrogen) atoms. The van der Waals surface area contributed by atoms with Crippen LogP contribution in [0.15, 0.2) is 12.3 Å². The van der Waals surface area contributed by atoms with Gasteiger partial charge in [-0.15, -0.1) is 6.42 Å². The minimum Gasteiger partial charge on any atom is -0.346 e. The van der Waals surface area contributed by atoms with E-state index in [1.165, 1.54) is 0 Å². The minimum absolute atomic E-state index is 0.0779. The largest absolute Gasteiger partial charge is 0.346 e. The van der Waals surface area contributed by atoms with Crippen LogP contribution in [0.2, 0.25) is 0 Å². The van der Waals surface area contributed by atoms with Gasteiger partial charge in [0.1, 0.15) is 5.69 Å². The average Bonchev–Trinajstić information content (AvgIpc) is 3.16. The molecule has 6 heteroatoms. The number of aromatic nitrogens is 2. The van der Waals surface area contributed by atoms with Gasteiger partial charge in [-0.3, -0.25) is 14.4 Å². The van der Waals surface area contributed by atoms with E-state index in [0.29, 0.717) is 24.2 Å². The van der Waals surface area contributed by atoms with Crippen molar-refractivity contribution in [1.29, 1.82) is 0 Å². The lowest BCUT2D eigenvalue weighted by molar-refractivity contribution is 0.0866. The standard InChI is InChI=1S/C16H23N5O/c1-4-6-20-11-12-10-14(20)15(12)17-16(22)13-5-7-21(18-13)9-8-19(2)3/h1,5,7,12,14-15H,6,8-11H2,2-3H3,(H,17,22). The number of hydrogen-bond acceptors (Lipinski definition) is 4. The Balaban J connectivity index is 1.54. The molecule has 3 heterocycles. The summed E-state index contributed by atoms with van der Waals surface area (Å²) in [5, 5.41) is 7.48. The smallest absolute Gasteiger partial charge is 0.272 e. The van der Waals surface area contributed by atoms with Crippen LogP contribution in [0.1, 0.15) is 16.9 Å². The summed E-state index contributed by atoms with van der Waals surface area (Å²) in [6.45, 7) is 3.35. The van der Waals surface area contributed by atoms with Crippen LogP contribution in [-0.4, -0.2) is 71.3 Å². The summed E-state index contributed by atoms with van der Waals surface area (Å²) in [6.07, 6.45) is 8.39. The molecule has 3 aliphatic rings. The lowest BCUT2D eigenvalue weighted by Crippen LogP contribution is -2.54. The van der Waals surface area contributed by atoms with E-state index in [2.05, 4.69) is 26.1 Å². The first-order valence-corrected chi connectivity index (χ1v) is 7.75. The average molecular weight is 301 g/mol. The second kappa shape index (κ2) is 6.11. The van der Waals surface area contributed by atoms with Crippen molar-refractivity contribution in [2.75, 3.05) is 33.7 Å². The van der Waals surface area contributed by atoms with E-state index in [9.17, 15) is 4.79 Å². The molecule has 1 aliphatic carbocycles. The number of likely N-dealkylation sites (N-methyl/N-ethyl adjacent to an activating group) is 1. The molecule has 4 rings (SSSR count). The summed E-state index contributed by atoms with van der Waals surface area (Å²) in [7, 11) is 4.04. The number of carbonyl (C=O) groups excluding carboxylic acids is 1. The molecule has 3 atom stereocenters. The zero-order valence-electron chi connectivity index (χ0n) is 13.2. The predicted octanol–water partition coefficient (Wildman–Crippen LogP) is -0.120. The molecule has 2 saturated heterocycles. The van der Waals surface area contributed by atoms with Crippen LogP contribution in [0.4, 0.5) is 0 Å². The number of nitrogens with one attached hydrogen (secondary N) is 1. The highest BCUT2D eigenvalue weighted by Crippen LogP contribution is 2.40. The molecule has 2 aliphatic heterocycles. The summed E-state index contributed by atoms with van der Waals surface area (Å²) in [4.78, 5) is 16.7. The lowest BCUT2D eigenvalue weighted by Gasteiger charge is -2.36. The van der Waals surface area contributed by atoms with Crippen molar-refractivity contribution >= 4 is 5.91 Å². The van der Waals surface area contributed by atoms with E-state index in [0.717, 1.165) is 26.1 Å². The number of fused-ring (bicyclic) bond motifs is 1. The van der Waals surface area contributed by atoms with Crippen LogP contribution >= 0.6 is 0 Å². The van der Waals surface area contributed by atoms with Gasteiger partial charge in [0.05, 0.1) is 13.1 Å². The van der Waals surface area contributed by atoms with Gasteiger partial charge in [0.15, 0.2) is 0 Å². The van der Waals surface area contributed by atoms with E-state index in [-0.39, 0.29) is 11.9 Å². The quantitative estimate of drug-likeness (QED) is 0.745. The number of hydrogen-bond donors (Lipinski definition) is 1. The Kier molecular flexibility index (Phi) is 4.19. The molecule has 2 bridgehead atoms. The highest BCUT2D eigenvalue weighted by atomic mass is 16.2. The van der Waals surface area contributed by atoms with Gasteiger partial charge in [-0.1, -0.05) is 5.92 Å². The molecular weight excluding hydrogens is 278 g/mol. The molecule has 1 saturated carbocycles. The Morgan fingerprint density at radius 3 is 3.14 bits per heavy atom. The van der Waals surface area contributed by atoms with Crippen molar-refractivity contribution in [1.82, 2.24) is 24.9 Å². The Bertz CT molecular complexity index is 588. The van der Waals surface area contributed by atoms with E-state index in [4.69, 9.17) is 6.42 Å². The van der Waals surface area contributed by atoms with Crippen molar-refractivity contribution in [3.63, 3.8) is 0 Å². The van der Waals surface area contributed by atoms with Gasteiger partial charge in [0, 0.05) is 31.4 Å². The molecule has 1 aromatic rings. The van der Waals surface area contributed by atoms with Crippen LogP contribution in [-0.2, 0) is 6.54 Å². The summed E-state index contributed by atoms with van der Waals surface area (Å²) >= 11 is 0. The van der Waals surface area contributed by atoms with Gasteiger partial charge in [-0.2, -0.15) is 5.10 Å². The Morgan fingerprint density at radius 1 is 1.59 bits per heavy atom. The third-order valence-corrected chi connectivity index (χ3v) is 4.65. The highest BCUT2D eigenvalue weighted by Gasteiger charge is 2.52. The first-order valence-electron chi connectivity index (χ1n) is 7.75. The van der Waals surface area contributed by atoms with Gasteiger partial charge in [0.2, 0.25) is 0 Å². The van der Waals surface area contributed by atoms with Crippen LogP contribution < -0.4 is 5.32 Å². The summed E-state index contributed by atoms with van der Waals surface area (Å²) in [5.74, 6) is 3.15. The molecule has 118 valence electrons. The van der Waals surface area contributed by atoms with Crippen LogP contribution in [0.3, 0.4) is 0 Å². The normalized spacial score (nSPS) is 26.7. The van der Waals surface area contributed by atoms with Crippen molar-refractivity contribution in [3.8, 4) is 12.3 Å². The number of carbonyl (C=O) groups is 1. The number of terminal acetylenes is 1. The lowest BCUT2D eigenvalue weighted by atomic mass is 9.80. The zero-order chi connectivity index (χ0) is 15.7. The summed E-state index contributed by atoms with van der Waals surface area (Å²) in [6, 6.07) is 2.42. The molecule has 1 amide bonds. The number of amides is 1. The van der Waals surface area contributed by atoms with Crippen molar-refractivity contribution in [2.45, 2.75) is 25.0 Å². The SMILES string of the molecule is C#CCN1CC2CC1C2NC(=O)c1ccn(CCN(C)C)n1. The van der Waals surface area contributed by atoms with Crippen LogP contribution in [0, 0.1) is 18.3 Å². The van der Waals surface area contributed by atoms with Crippen molar-refractivity contribution in [3.05, 3.63) is 18.0 Å². The van der Waals surface area contributed by atoms with Gasteiger partial charge >= 0.3 is 0 Å². The van der Waals surface area contributed by atoms with Crippen molar-refractivity contribution in [2.24, 2.45) is 5.92 Å².